The lowest BCUT2D eigenvalue weighted by atomic mass is 9.53. The molecule has 0 radical (unpaired) electrons. The van der Waals surface area contributed by atoms with Gasteiger partial charge in [0.2, 0.25) is 0 Å². The predicted octanol–water partition coefficient (Wildman–Crippen LogP) is 6.67. The van der Waals surface area contributed by atoms with Crippen LogP contribution in [0, 0.1) is 22.7 Å². The smallest absolute Gasteiger partial charge is 0.183 e. The van der Waals surface area contributed by atoms with E-state index in [2.05, 4.69) is 0 Å². The van der Waals surface area contributed by atoms with Gasteiger partial charge >= 0.3 is 0 Å². The molecule has 2 aromatic rings. The van der Waals surface area contributed by atoms with Crippen molar-refractivity contribution in [1.29, 1.82) is 0 Å². The highest BCUT2D eigenvalue weighted by molar-refractivity contribution is 6.30. The Bertz CT molecular complexity index is 1800. The van der Waals surface area contributed by atoms with Gasteiger partial charge in [-0.3, -0.25) is 19.2 Å². The molecule has 250 valence electrons. The molecule has 0 N–H and O–H groups in total. The summed E-state index contributed by atoms with van der Waals surface area (Å²) in [7, 11) is 0. The fraction of sp³-hybridized carbons (Fsp3) is 0.450. The van der Waals surface area contributed by atoms with Crippen LogP contribution in [-0.4, -0.2) is 49.6 Å². The normalized spacial score (nSPS) is 29.2. The van der Waals surface area contributed by atoms with Crippen LogP contribution in [0.4, 0.5) is 0 Å². The van der Waals surface area contributed by atoms with Crippen molar-refractivity contribution in [1.82, 2.24) is 0 Å². The van der Waals surface area contributed by atoms with Crippen molar-refractivity contribution < 1.29 is 38.1 Å². The minimum absolute atomic E-state index is 0.198. The minimum atomic E-state index is -1.49. The van der Waals surface area contributed by atoms with Crippen molar-refractivity contribution in [2.24, 2.45) is 22.7 Å². The first kappa shape index (κ1) is 32.1. The summed E-state index contributed by atoms with van der Waals surface area (Å²) < 4.78 is 24.9. The molecule has 0 heterocycles. The Morgan fingerprint density at radius 3 is 1.71 bits per heavy atom. The van der Waals surface area contributed by atoms with Gasteiger partial charge in [-0.2, -0.15) is 0 Å². The highest BCUT2D eigenvalue weighted by atomic mass is 16.5. The molecule has 0 amide bonds. The number of carbonyl (C=O) groups is 4. The highest BCUT2D eigenvalue weighted by Crippen LogP contribution is 2.93. The van der Waals surface area contributed by atoms with Crippen molar-refractivity contribution in [3.8, 4) is 23.0 Å². The second kappa shape index (κ2) is 12.2. The Kier molecular flexibility index (Phi) is 8.17. The predicted molar refractivity (Wildman–Crippen MR) is 179 cm³/mol. The van der Waals surface area contributed by atoms with E-state index in [-0.39, 0.29) is 28.7 Å². The van der Waals surface area contributed by atoms with E-state index in [9.17, 15) is 19.2 Å². The maximum atomic E-state index is 14.6. The van der Waals surface area contributed by atoms with Gasteiger partial charge in [0.25, 0.3) is 0 Å². The number of rotatable bonds is 14. The summed E-state index contributed by atoms with van der Waals surface area (Å²) in [5.41, 5.74) is -0.766. The molecule has 2 spiro atoms. The van der Waals surface area contributed by atoms with Gasteiger partial charge in [-0.25, -0.2) is 0 Å². The van der Waals surface area contributed by atoms with E-state index in [1.54, 1.807) is 0 Å². The molecule has 8 heteroatoms. The Hall–Kier alpha value is -4.46. The third-order valence-corrected chi connectivity index (χ3v) is 10.7. The molecule has 6 atom stereocenters. The van der Waals surface area contributed by atoms with Crippen LogP contribution in [-0.2, 0) is 19.2 Å². The lowest BCUT2D eigenvalue weighted by Crippen LogP contribution is -2.49. The van der Waals surface area contributed by atoms with Crippen molar-refractivity contribution in [2.75, 3.05) is 26.4 Å². The molecule has 0 unspecified atom stereocenters. The van der Waals surface area contributed by atoms with Gasteiger partial charge in [0.15, 0.2) is 23.1 Å². The highest BCUT2D eigenvalue weighted by Gasteiger charge is 2.96. The van der Waals surface area contributed by atoms with E-state index >= 15 is 0 Å². The molecule has 48 heavy (non-hydrogen) atoms. The Morgan fingerprint density at radius 2 is 1.10 bits per heavy atom. The number of ether oxygens (including phenoxy) is 4. The van der Waals surface area contributed by atoms with Crippen LogP contribution in [0.15, 0.2) is 71.8 Å². The van der Waals surface area contributed by atoms with E-state index in [0.717, 1.165) is 31.2 Å². The maximum absolute atomic E-state index is 14.6. The second-order valence-corrected chi connectivity index (χ2v) is 13.4. The van der Waals surface area contributed by atoms with Gasteiger partial charge in [-0.05, 0) is 92.3 Å². The van der Waals surface area contributed by atoms with Crippen LogP contribution >= 0.6 is 0 Å². The number of hydrogen-bond donors (Lipinski definition) is 0. The topological polar surface area (TPSA) is 105 Å². The fourth-order valence-electron chi connectivity index (χ4n) is 9.32. The SMILES string of the molecule is CCCOc1ccc(OCCC)c([C@@H]2[C@@H]3C4=C(C(=O)C=CC4=O)[C@@]45C(=O)C=CC(=O)[C@]4([C@H]3c3cc(OCCC)ccc3OCCC)[C@@H]25)c1. The number of carbonyl (C=O) groups excluding carboxylic acids is 4. The molecule has 6 aliphatic carbocycles. The molecule has 8 rings (SSSR count). The van der Waals surface area contributed by atoms with Crippen LogP contribution < -0.4 is 18.9 Å². The monoisotopic (exact) mass is 650 g/mol. The lowest BCUT2D eigenvalue weighted by molar-refractivity contribution is -0.131. The molecule has 0 aromatic heterocycles. The Morgan fingerprint density at radius 1 is 0.583 bits per heavy atom. The molecule has 2 saturated carbocycles. The molecule has 0 saturated heterocycles. The molecule has 8 nitrogen and oxygen atoms in total. The first-order valence-electron chi connectivity index (χ1n) is 17.4. The van der Waals surface area contributed by atoms with E-state index in [0.29, 0.717) is 60.6 Å². The van der Waals surface area contributed by atoms with Crippen LogP contribution in [0.3, 0.4) is 0 Å². The third kappa shape index (κ3) is 4.26. The maximum Gasteiger partial charge on any atom is 0.183 e. The Labute approximate surface area is 281 Å². The first-order valence-corrected chi connectivity index (χ1v) is 17.4. The van der Waals surface area contributed by atoms with Gasteiger partial charge in [-0.15, -0.1) is 0 Å². The molecular formula is C40H42O8. The quantitative estimate of drug-likeness (QED) is 0.209. The second-order valence-electron chi connectivity index (χ2n) is 13.4. The van der Waals surface area contributed by atoms with Gasteiger partial charge in [0.05, 0.1) is 37.3 Å². The van der Waals surface area contributed by atoms with Crippen LogP contribution in [0.1, 0.15) is 76.3 Å². The van der Waals surface area contributed by atoms with Gasteiger partial charge in [0.1, 0.15) is 23.0 Å². The summed E-state index contributed by atoms with van der Waals surface area (Å²) in [6, 6.07) is 11.3. The molecule has 0 aliphatic heterocycles. The van der Waals surface area contributed by atoms with E-state index in [1.165, 1.54) is 24.3 Å². The van der Waals surface area contributed by atoms with Crippen molar-refractivity contribution in [2.45, 2.75) is 65.2 Å². The molecule has 6 aliphatic rings. The van der Waals surface area contributed by atoms with Crippen molar-refractivity contribution >= 4 is 23.1 Å². The summed E-state index contributed by atoms with van der Waals surface area (Å²) in [6.07, 6.45) is 8.42. The minimum Gasteiger partial charge on any atom is -0.494 e. The third-order valence-electron chi connectivity index (χ3n) is 10.7. The molecular weight excluding hydrogens is 608 g/mol. The van der Waals surface area contributed by atoms with E-state index < -0.39 is 34.5 Å². The number of allylic oxidation sites excluding steroid dienone is 6. The largest absolute Gasteiger partial charge is 0.494 e. The Balaban J connectivity index is 1.53. The number of hydrogen-bond acceptors (Lipinski definition) is 8. The van der Waals surface area contributed by atoms with Crippen LogP contribution in [0.5, 0.6) is 23.0 Å². The summed E-state index contributed by atoms with van der Waals surface area (Å²) in [5, 5.41) is 0. The first-order chi connectivity index (χ1) is 23.3. The fourth-order valence-corrected chi connectivity index (χ4v) is 9.32. The zero-order valence-corrected chi connectivity index (χ0v) is 28.0. The van der Waals surface area contributed by atoms with Gasteiger partial charge in [0, 0.05) is 40.0 Å². The summed E-state index contributed by atoms with van der Waals surface area (Å²) >= 11 is 0. The average molecular weight is 651 g/mol. The zero-order valence-electron chi connectivity index (χ0n) is 28.0. The zero-order chi connectivity index (χ0) is 33.8. The van der Waals surface area contributed by atoms with E-state index in [1.807, 2.05) is 64.1 Å². The van der Waals surface area contributed by atoms with Crippen molar-refractivity contribution in [3.63, 3.8) is 0 Å². The van der Waals surface area contributed by atoms with E-state index in [4.69, 9.17) is 18.9 Å². The summed E-state index contributed by atoms with van der Waals surface area (Å²) in [4.78, 5) is 57.1. The molecule has 2 aromatic carbocycles. The van der Waals surface area contributed by atoms with Gasteiger partial charge < -0.3 is 18.9 Å². The summed E-state index contributed by atoms with van der Waals surface area (Å²) in [5.74, 6) is -1.09. The lowest BCUT2D eigenvalue weighted by Gasteiger charge is -2.47. The molecule has 2 fully saturated rings. The van der Waals surface area contributed by atoms with Crippen LogP contribution in [0.25, 0.3) is 0 Å². The standard InChI is InChI=1S/C40H42O8/c1-5-17-45-23-9-13-29(47-19-7-3)25(21-23)33-35-34-27(41)11-12-28(42)37(34)40-32(44)16-15-31(43)39(40,38(33)40)36(35)26-22-24(46-18-6-2)10-14-30(26)48-20-8-4/h9-16,21-22,33,35-36,38H,5-8,17-20H2,1-4H3/t33-,35-,36+,38-,39+,40-/m1/s1. The van der Waals surface area contributed by atoms with Gasteiger partial charge in [-0.1, -0.05) is 27.7 Å². The summed E-state index contributed by atoms with van der Waals surface area (Å²) in [6.45, 7) is 10.0. The van der Waals surface area contributed by atoms with Crippen LogP contribution in [0.2, 0.25) is 0 Å². The number of benzene rings is 2. The average Bonchev–Trinajstić information content (AvgIpc) is 3.66. The molecule has 4 bridgehead atoms. The van der Waals surface area contributed by atoms with Crippen molar-refractivity contribution in [3.05, 3.63) is 83.0 Å². The number of ketones is 4.